The summed E-state index contributed by atoms with van der Waals surface area (Å²) in [6, 6.07) is 19.5. The fraction of sp³-hybridized carbons (Fsp3) is 0.259. The molecule has 4 aliphatic heterocycles. The average molecular weight is 953 g/mol. The lowest BCUT2D eigenvalue weighted by molar-refractivity contribution is 0.0682. The van der Waals surface area contributed by atoms with Gasteiger partial charge in [0.05, 0.1) is 28.8 Å². The predicted molar refractivity (Wildman–Crippen MR) is 270 cm³/mol. The number of unbranched alkanes of at least 4 members (excludes halogenated alkanes) is 2. The van der Waals surface area contributed by atoms with Crippen molar-refractivity contribution < 1.29 is 48.8 Å². The first-order valence-corrected chi connectivity index (χ1v) is 24.3. The summed E-state index contributed by atoms with van der Waals surface area (Å²) >= 11 is 0. The Morgan fingerprint density at radius 2 is 1.41 bits per heavy atom. The van der Waals surface area contributed by atoms with E-state index in [1.807, 2.05) is 0 Å². The van der Waals surface area contributed by atoms with Gasteiger partial charge < -0.3 is 39.8 Å². The molecule has 0 fully saturated rings. The monoisotopic (exact) mass is 952 g/mol. The molecule has 0 saturated carbocycles. The fourth-order valence-electron chi connectivity index (χ4n) is 10.9. The van der Waals surface area contributed by atoms with Crippen LogP contribution < -0.4 is 30.8 Å². The van der Waals surface area contributed by atoms with E-state index in [4.69, 9.17) is 9.15 Å². The molecule has 13 heteroatoms. The van der Waals surface area contributed by atoms with Crippen molar-refractivity contribution in [1.82, 2.24) is 5.32 Å². The number of aromatic hydroxyl groups is 1. The number of fused-ring (bicyclic) bond motifs is 5. The number of aryl methyl sites for hydroxylation is 2. The summed E-state index contributed by atoms with van der Waals surface area (Å²) in [5.74, 6) is -3.39. The second kappa shape index (κ2) is 18.6. The number of ether oxygens (including phenoxy) is 1. The minimum atomic E-state index is -1.40. The molecule has 0 aromatic heterocycles. The molecule has 360 valence electrons. The summed E-state index contributed by atoms with van der Waals surface area (Å²) in [6.45, 7) is 10.5. The lowest BCUT2D eigenvalue weighted by Crippen LogP contribution is -2.35. The molecular formula is C58H52N2O11. The topological polar surface area (TPSA) is 204 Å². The molecule has 5 N–H and O–H groups in total. The number of phenols is 1. The van der Waals surface area contributed by atoms with Crippen molar-refractivity contribution in [2.45, 2.75) is 84.6 Å². The van der Waals surface area contributed by atoms with Crippen molar-refractivity contribution in [2.75, 3.05) is 18.0 Å². The van der Waals surface area contributed by atoms with Crippen LogP contribution in [0.25, 0.3) is 45.6 Å². The first kappa shape index (κ1) is 46.5. The highest BCUT2D eigenvalue weighted by atomic mass is 16.5. The number of aromatic carboxylic acids is 3. The molecule has 71 heavy (non-hydrogen) atoms. The van der Waals surface area contributed by atoms with Gasteiger partial charge in [-0.05, 0) is 140 Å². The number of nitrogens with zero attached hydrogens (tertiary/aromatic N) is 1. The lowest BCUT2D eigenvalue weighted by Gasteiger charge is -2.39. The molecule has 5 aliphatic rings. The van der Waals surface area contributed by atoms with Crippen LogP contribution in [0.2, 0.25) is 0 Å². The number of carboxylic acids is 3. The van der Waals surface area contributed by atoms with Crippen molar-refractivity contribution in [1.29, 1.82) is 0 Å². The SMILES string of the molecule is C=c1c(CCCC)cc2c(c1CCCC)Oc1c(cc3c4c1CCCN4CCC3)C=2c1ccc(C(=O)NCc2c(O)ccc3c(-c4ccc(C(=O)O)cc4C(=O)O)c4ccc(=O)cc-4oc23)cc1C(=O)O. The number of hydrogen-bond donors (Lipinski definition) is 5. The molecule has 0 bridgehead atoms. The highest BCUT2D eigenvalue weighted by Gasteiger charge is 2.35. The first-order chi connectivity index (χ1) is 34.3. The van der Waals surface area contributed by atoms with Gasteiger partial charge in [0.15, 0.2) is 5.43 Å². The summed E-state index contributed by atoms with van der Waals surface area (Å²) in [4.78, 5) is 67.4. The van der Waals surface area contributed by atoms with Gasteiger partial charge in [0.1, 0.15) is 28.6 Å². The van der Waals surface area contributed by atoms with Crippen LogP contribution in [0, 0.1) is 0 Å². The van der Waals surface area contributed by atoms with Crippen molar-refractivity contribution in [2.24, 2.45) is 0 Å². The van der Waals surface area contributed by atoms with E-state index in [9.17, 15) is 44.4 Å². The van der Waals surface area contributed by atoms with E-state index in [1.54, 1.807) is 12.1 Å². The van der Waals surface area contributed by atoms with Crippen molar-refractivity contribution in [3.05, 3.63) is 161 Å². The van der Waals surface area contributed by atoms with Gasteiger partial charge in [0, 0.05) is 74.4 Å². The van der Waals surface area contributed by atoms with Gasteiger partial charge in [-0.1, -0.05) is 45.4 Å². The third-order valence-corrected chi connectivity index (χ3v) is 14.3. The molecule has 4 heterocycles. The molecule has 10 rings (SSSR count). The Balaban J connectivity index is 1.10. The second-order valence-electron chi connectivity index (χ2n) is 18.7. The van der Waals surface area contributed by atoms with Crippen LogP contribution in [0.4, 0.5) is 5.69 Å². The second-order valence-corrected chi connectivity index (χ2v) is 18.7. The van der Waals surface area contributed by atoms with Gasteiger partial charge in [-0.2, -0.15) is 0 Å². The molecule has 0 unspecified atom stereocenters. The van der Waals surface area contributed by atoms with Gasteiger partial charge in [0.25, 0.3) is 5.91 Å². The Kier molecular flexibility index (Phi) is 12.2. The Labute approximate surface area is 408 Å². The molecule has 5 aromatic rings. The molecule has 0 spiro atoms. The molecule has 0 radical (unpaired) electrons. The number of carbonyl (C=O) groups is 4. The number of carbonyl (C=O) groups excluding carboxylic acids is 1. The number of amides is 1. The maximum atomic E-state index is 14.3. The number of phenolic OH excluding ortho intramolecular Hbond substituents is 1. The third kappa shape index (κ3) is 8.14. The zero-order valence-corrected chi connectivity index (χ0v) is 39.5. The molecule has 1 aliphatic carbocycles. The number of carboxylic acid groups (broad SMARTS) is 3. The van der Waals surface area contributed by atoms with E-state index in [0.717, 1.165) is 127 Å². The number of anilines is 1. The van der Waals surface area contributed by atoms with Crippen LogP contribution in [0.15, 0.2) is 88.1 Å². The number of nitrogens with one attached hydrogen (secondary N) is 1. The lowest BCUT2D eigenvalue weighted by atomic mass is 9.81. The van der Waals surface area contributed by atoms with Gasteiger partial charge in [-0.25, -0.2) is 14.4 Å². The molecule has 5 aromatic carbocycles. The van der Waals surface area contributed by atoms with Crippen molar-refractivity contribution in [3.63, 3.8) is 0 Å². The molecule has 0 saturated heterocycles. The minimum Gasteiger partial charge on any atom is -0.507 e. The zero-order valence-electron chi connectivity index (χ0n) is 39.5. The minimum absolute atomic E-state index is 0.0262. The molecule has 13 nitrogen and oxygen atoms in total. The van der Waals surface area contributed by atoms with E-state index >= 15 is 0 Å². The average Bonchev–Trinajstić information content (AvgIpc) is 3.36. The largest absolute Gasteiger partial charge is 0.507 e. The number of hydrogen-bond acceptors (Lipinski definition) is 9. The Hall–Kier alpha value is -8.19. The molecular weight excluding hydrogens is 901 g/mol. The van der Waals surface area contributed by atoms with E-state index in [0.29, 0.717) is 27.8 Å². The van der Waals surface area contributed by atoms with E-state index in [2.05, 4.69) is 42.8 Å². The zero-order chi connectivity index (χ0) is 49.8. The van der Waals surface area contributed by atoms with Crippen molar-refractivity contribution in [3.8, 4) is 39.7 Å². The van der Waals surface area contributed by atoms with Crippen LogP contribution in [-0.4, -0.2) is 57.3 Å². The summed E-state index contributed by atoms with van der Waals surface area (Å²) in [6.07, 6.45) is 9.07. The van der Waals surface area contributed by atoms with Crippen LogP contribution in [-0.2, 0) is 32.2 Å². The first-order valence-electron chi connectivity index (χ1n) is 24.3. The molecule has 1 amide bonds. The predicted octanol–water partition coefficient (Wildman–Crippen LogP) is 9.44. The summed E-state index contributed by atoms with van der Waals surface area (Å²) < 4.78 is 13.4. The maximum absolute atomic E-state index is 14.3. The number of rotatable bonds is 14. The van der Waals surface area contributed by atoms with Crippen LogP contribution in [0.3, 0.4) is 0 Å². The highest BCUT2D eigenvalue weighted by molar-refractivity contribution is 6.09. The Bertz CT molecular complexity index is 3570. The maximum Gasteiger partial charge on any atom is 0.336 e. The highest BCUT2D eigenvalue weighted by Crippen LogP contribution is 2.49. The van der Waals surface area contributed by atoms with Crippen LogP contribution in [0.5, 0.6) is 17.2 Å². The van der Waals surface area contributed by atoms with Gasteiger partial charge >= 0.3 is 17.9 Å². The Morgan fingerprint density at radius 3 is 2.15 bits per heavy atom. The normalized spacial score (nSPS) is 13.6. The third-order valence-electron chi connectivity index (χ3n) is 14.3. The smallest absolute Gasteiger partial charge is 0.336 e. The van der Waals surface area contributed by atoms with Crippen LogP contribution in [0.1, 0.15) is 133 Å². The van der Waals surface area contributed by atoms with E-state index in [-0.39, 0.29) is 57.0 Å². The van der Waals surface area contributed by atoms with Gasteiger partial charge in [0.2, 0.25) is 0 Å². The van der Waals surface area contributed by atoms with E-state index in [1.165, 1.54) is 59.8 Å². The van der Waals surface area contributed by atoms with E-state index < -0.39 is 29.2 Å². The molecule has 0 atom stereocenters. The Morgan fingerprint density at radius 1 is 0.718 bits per heavy atom. The quantitative estimate of drug-likeness (QED) is 0.0647. The van der Waals surface area contributed by atoms with Gasteiger partial charge in [-0.3, -0.25) is 9.59 Å². The summed E-state index contributed by atoms with van der Waals surface area (Å²) in [7, 11) is 0. The fourth-order valence-corrected chi connectivity index (χ4v) is 10.9. The van der Waals surface area contributed by atoms with Crippen molar-refractivity contribution >= 4 is 52.6 Å². The van der Waals surface area contributed by atoms with Gasteiger partial charge in [-0.15, -0.1) is 0 Å². The summed E-state index contributed by atoms with van der Waals surface area (Å²) in [5.41, 5.74) is 7.56. The number of benzene rings is 6. The van der Waals surface area contributed by atoms with Crippen LogP contribution >= 0.6 is 0 Å². The standard InChI is InChI=1S/C58H52N2O11/c1-4-6-10-31-24-44-50(45-25-32-11-8-22-60-23-9-13-41(51(32)60)54(45)71-52(44)36(30(31)3)12-7-5-2)38-17-14-33(26-42(38)57(66)67)55(63)59-29-46-47(62)21-20-40-49(39-19-16-35(61)28-48(39)70-53(40)46)37-18-15-34(56(64)65)27-43(37)58(68)69/h14-21,24-28,62H,3-13,22-23,29H2,1-2H3,(H,59,63)(H,64,65)(H,66,67)(H,68,69). The summed E-state index contributed by atoms with van der Waals surface area (Å²) in [5, 5.41) is 47.2.